The van der Waals surface area contributed by atoms with Gasteiger partial charge in [-0.1, -0.05) is 18.2 Å². The van der Waals surface area contributed by atoms with Crippen LogP contribution in [0.15, 0.2) is 48.5 Å². The number of carbonyl (C=O) groups excluding carboxylic acids is 1. The minimum Gasteiger partial charge on any atom is -0.497 e. The Balaban J connectivity index is 1.94. The van der Waals surface area contributed by atoms with Gasteiger partial charge in [0.15, 0.2) is 0 Å². The molecule has 0 saturated carbocycles. The molecule has 40 heavy (non-hydrogen) atoms. The smallest absolute Gasteiger partial charge is 0.416 e. The first-order valence-corrected chi connectivity index (χ1v) is 12.4. The maximum absolute atomic E-state index is 13.9. The van der Waals surface area contributed by atoms with Crippen molar-refractivity contribution in [3.8, 4) is 22.6 Å². The molecule has 1 amide bonds. The molecule has 0 aliphatic carbocycles. The summed E-state index contributed by atoms with van der Waals surface area (Å²) in [4.78, 5) is 24.6. The van der Waals surface area contributed by atoms with Gasteiger partial charge in [0.1, 0.15) is 17.6 Å². The van der Waals surface area contributed by atoms with Crippen LogP contribution in [0.2, 0.25) is 0 Å². The van der Waals surface area contributed by atoms with Crippen LogP contribution in [0.4, 0.5) is 24.5 Å². The molecule has 12 heteroatoms. The van der Waals surface area contributed by atoms with E-state index in [1.807, 2.05) is 0 Å². The maximum Gasteiger partial charge on any atom is 0.416 e. The first kappa shape index (κ1) is 28.8. The second-order valence-electron chi connectivity index (χ2n) is 9.18. The fourth-order valence-corrected chi connectivity index (χ4v) is 4.64. The molecule has 212 valence electrons. The predicted octanol–water partition coefficient (Wildman–Crippen LogP) is 5.12. The molecule has 1 aliphatic rings. The third-order valence-corrected chi connectivity index (χ3v) is 6.66. The number of morpholine rings is 1. The summed E-state index contributed by atoms with van der Waals surface area (Å²) in [6.45, 7) is 2.46. The molecule has 0 radical (unpaired) electrons. The van der Waals surface area contributed by atoms with E-state index in [1.54, 1.807) is 18.2 Å². The molecular formula is C28H28F3N3O6. The lowest BCUT2D eigenvalue weighted by Crippen LogP contribution is -2.45. The van der Waals surface area contributed by atoms with Crippen molar-refractivity contribution in [2.24, 2.45) is 0 Å². The fourth-order valence-electron chi connectivity index (χ4n) is 4.64. The van der Waals surface area contributed by atoms with Crippen molar-refractivity contribution in [1.82, 2.24) is 5.32 Å². The normalized spacial score (nSPS) is 15.4. The number of carbonyl (C=O) groups is 1. The molecule has 1 unspecified atom stereocenters. The van der Waals surface area contributed by atoms with E-state index in [0.717, 1.165) is 6.07 Å². The van der Waals surface area contributed by atoms with E-state index in [2.05, 4.69) is 10.6 Å². The van der Waals surface area contributed by atoms with Gasteiger partial charge in [0.2, 0.25) is 0 Å². The van der Waals surface area contributed by atoms with E-state index in [0.29, 0.717) is 30.2 Å². The third-order valence-electron chi connectivity index (χ3n) is 6.66. The van der Waals surface area contributed by atoms with Crippen LogP contribution < -0.4 is 20.1 Å². The zero-order valence-corrected chi connectivity index (χ0v) is 22.1. The molecule has 2 N–H and O–H groups in total. The Morgan fingerprint density at radius 1 is 1.15 bits per heavy atom. The molecule has 0 aromatic heterocycles. The summed E-state index contributed by atoms with van der Waals surface area (Å²) in [5, 5.41) is 17.9. The number of nitrogens with one attached hydrogen (secondary N) is 2. The van der Waals surface area contributed by atoms with Gasteiger partial charge in [0.05, 0.1) is 31.3 Å². The lowest BCUT2D eigenvalue weighted by Gasteiger charge is -2.24. The van der Waals surface area contributed by atoms with Crippen LogP contribution in [-0.4, -0.2) is 50.9 Å². The summed E-state index contributed by atoms with van der Waals surface area (Å²) in [6.07, 6.45) is -5.59. The molecule has 0 bridgehead atoms. The number of hydrogen-bond acceptors (Lipinski definition) is 7. The van der Waals surface area contributed by atoms with Gasteiger partial charge in [-0.2, -0.15) is 13.2 Å². The van der Waals surface area contributed by atoms with Crippen LogP contribution in [0.3, 0.4) is 0 Å². The zero-order valence-electron chi connectivity index (χ0n) is 22.1. The minimum absolute atomic E-state index is 0.00711. The number of nitro groups is 1. The van der Waals surface area contributed by atoms with E-state index in [9.17, 15) is 28.1 Å². The first-order chi connectivity index (χ1) is 19.0. The Labute approximate surface area is 228 Å². The average Bonchev–Trinajstić information content (AvgIpc) is 2.93. The van der Waals surface area contributed by atoms with Gasteiger partial charge in [-0.15, -0.1) is 0 Å². The van der Waals surface area contributed by atoms with E-state index < -0.39 is 28.7 Å². The van der Waals surface area contributed by atoms with Crippen molar-refractivity contribution in [3.63, 3.8) is 0 Å². The Morgan fingerprint density at radius 3 is 2.55 bits per heavy atom. The quantitative estimate of drug-likeness (QED) is 0.291. The van der Waals surface area contributed by atoms with E-state index >= 15 is 0 Å². The SMILES string of the molecule is COc1ccc(Cc2c([N+](=O)[O-])ccc(NC(=O)C3CNCCO3)c2-c2ccc(C)c(C(F)(F)F)c2)c(OC)c1. The lowest BCUT2D eigenvalue weighted by atomic mass is 9.89. The minimum atomic E-state index is -4.66. The van der Waals surface area contributed by atoms with Gasteiger partial charge in [-0.25, -0.2) is 0 Å². The van der Waals surface area contributed by atoms with Gasteiger partial charge in [0, 0.05) is 48.5 Å². The van der Waals surface area contributed by atoms with Crippen LogP contribution in [0, 0.1) is 17.0 Å². The second kappa shape index (κ2) is 11.9. The summed E-state index contributed by atoms with van der Waals surface area (Å²) in [5.41, 5.74) is -0.324. The maximum atomic E-state index is 13.9. The molecule has 3 aromatic rings. The Kier molecular flexibility index (Phi) is 8.60. The van der Waals surface area contributed by atoms with Crippen molar-refractivity contribution in [1.29, 1.82) is 0 Å². The van der Waals surface area contributed by atoms with Crippen molar-refractivity contribution in [3.05, 3.63) is 80.9 Å². The number of alkyl halides is 3. The molecule has 1 fully saturated rings. The molecule has 9 nitrogen and oxygen atoms in total. The number of halogens is 3. The molecule has 1 saturated heterocycles. The highest BCUT2D eigenvalue weighted by atomic mass is 19.4. The molecule has 4 rings (SSSR count). The van der Waals surface area contributed by atoms with Crippen LogP contribution >= 0.6 is 0 Å². The number of ether oxygens (including phenoxy) is 3. The molecule has 1 aliphatic heterocycles. The number of nitrogens with zero attached hydrogens (tertiary/aromatic N) is 1. The molecule has 1 atom stereocenters. The van der Waals surface area contributed by atoms with E-state index in [1.165, 1.54) is 45.4 Å². The Hall–Kier alpha value is -4.16. The number of aryl methyl sites for hydroxylation is 1. The molecular weight excluding hydrogens is 531 g/mol. The summed E-state index contributed by atoms with van der Waals surface area (Å²) >= 11 is 0. The number of anilines is 1. The van der Waals surface area contributed by atoms with Crippen molar-refractivity contribution in [2.45, 2.75) is 25.6 Å². The Bertz CT molecular complexity index is 1420. The third kappa shape index (κ3) is 6.18. The molecule has 0 spiro atoms. The summed E-state index contributed by atoms with van der Waals surface area (Å²) < 4.78 is 57.9. The fraction of sp³-hybridized carbons (Fsp3) is 0.321. The highest BCUT2D eigenvalue weighted by Crippen LogP contribution is 2.42. The van der Waals surface area contributed by atoms with Gasteiger partial charge >= 0.3 is 6.18 Å². The van der Waals surface area contributed by atoms with Gasteiger partial charge in [-0.05, 0) is 41.8 Å². The number of rotatable bonds is 8. The van der Waals surface area contributed by atoms with Crippen molar-refractivity contribution in [2.75, 3.05) is 39.2 Å². The van der Waals surface area contributed by atoms with Crippen LogP contribution in [0.1, 0.15) is 22.3 Å². The van der Waals surface area contributed by atoms with Crippen LogP contribution in [0.25, 0.3) is 11.1 Å². The van der Waals surface area contributed by atoms with Crippen molar-refractivity contribution < 1.29 is 37.1 Å². The second-order valence-corrected chi connectivity index (χ2v) is 9.18. The monoisotopic (exact) mass is 559 g/mol. The Morgan fingerprint density at radius 2 is 1.93 bits per heavy atom. The lowest BCUT2D eigenvalue weighted by molar-refractivity contribution is -0.385. The van der Waals surface area contributed by atoms with Crippen molar-refractivity contribution >= 4 is 17.3 Å². The zero-order chi connectivity index (χ0) is 29.0. The van der Waals surface area contributed by atoms with Gasteiger partial charge in [-0.3, -0.25) is 14.9 Å². The number of benzene rings is 3. The van der Waals surface area contributed by atoms with Crippen LogP contribution in [-0.2, 0) is 22.1 Å². The van der Waals surface area contributed by atoms with Gasteiger partial charge in [0.25, 0.3) is 11.6 Å². The standard InChI is InChI=1S/C28H28F3N3O6/c1-16-4-5-18(13-21(16)28(29,30)31)26-20(12-17-6-7-19(38-2)14-24(17)39-3)23(34(36)37)9-8-22(26)33-27(35)25-15-32-10-11-40-25/h4-9,13-14,25,32H,10-12,15H2,1-3H3,(H,33,35). The number of amides is 1. The molecule has 1 heterocycles. The summed E-state index contributed by atoms with van der Waals surface area (Å²) in [7, 11) is 2.91. The average molecular weight is 560 g/mol. The largest absolute Gasteiger partial charge is 0.497 e. The number of hydrogen-bond donors (Lipinski definition) is 2. The van der Waals surface area contributed by atoms with Crippen LogP contribution in [0.5, 0.6) is 11.5 Å². The van der Waals surface area contributed by atoms with E-state index in [-0.39, 0.29) is 46.6 Å². The van der Waals surface area contributed by atoms with E-state index in [4.69, 9.17) is 14.2 Å². The highest BCUT2D eigenvalue weighted by molar-refractivity contribution is 5.99. The first-order valence-electron chi connectivity index (χ1n) is 12.4. The highest BCUT2D eigenvalue weighted by Gasteiger charge is 2.34. The van der Waals surface area contributed by atoms with Gasteiger partial charge < -0.3 is 24.8 Å². The predicted molar refractivity (Wildman–Crippen MR) is 142 cm³/mol. The summed E-state index contributed by atoms with van der Waals surface area (Å²) in [5.74, 6) is 0.333. The topological polar surface area (TPSA) is 112 Å². The molecule has 3 aromatic carbocycles. The number of nitro benzene ring substituents is 1. The number of methoxy groups -OCH3 is 2. The summed E-state index contributed by atoms with van der Waals surface area (Å²) in [6, 6.07) is 11.2.